The number of aryl methyl sites for hydroxylation is 1. The van der Waals surface area contributed by atoms with Gasteiger partial charge in [-0.15, -0.1) is 0 Å². The zero-order valence-electron chi connectivity index (χ0n) is 18.8. The van der Waals surface area contributed by atoms with Crippen molar-refractivity contribution in [3.05, 3.63) is 94.1 Å². The molecule has 1 amide bonds. The number of nitrogens with one attached hydrogen (secondary N) is 1. The molecule has 0 atom stereocenters. The minimum absolute atomic E-state index is 0.111. The van der Waals surface area contributed by atoms with Crippen molar-refractivity contribution in [1.82, 2.24) is 24.9 Å². The Morgan fingerprint density at radius 3 is 2.21 bits per heavy atom. The molecule has 6 nitrogen and oxygen atoms in total. The first-order valence-electron chi connectivity index (χ1n) is 11.8. The zero-order chi connectivity index (χ0) is 22.4. The van der Waals surface area contributed by atoms with Crippen LogP contribution in [0.2, 0.25) is 0 Å². The third-order valence-corrected chi connectivity index (χ3v) is 6.85. The first-order chi connectivity index (χ1) is 16.2. The number of aromatic nitrogens is 4. The van der Waals surface area contributed by atoms with E-state index in [9.17, 15) is 4.79 Å². The molecule has 33 heavy (non-hydrogen) atoms. The molecule has 0 aliphatic heterocycles. The summed E-state index contributed by atoms with van der Waals surface area (Å²) in [5, 5.41) is 12.7. The number of carbonyl (C=O) groups excluding carboxylic acids is 1. The number of benzene rings is 2. The van der Waals surface area contributed by atoms with Crippen LogP contribution >= 0.6 is 0 Å². The van der Waals surface area contributed by atoms with Crippen molar-refractivity contribution in [2.24, 2.45) is 0 Å². The summed E-state index contributed by atoms with van der Waals surface area (Å²) in [4.78, 5) is 13.2. The summed E-state index contributed by atoms with van der Waals surface area (Å²) in [6, 6.07) is 18.6. The summed E-state index contributed by atoms with van der Waals surface area (Å²) in [5.74, 6) is -0.111. The van der Waals surface area contributed by atoms with Gasteiger partial charge in [0.2, 0.25) is 0 Å². The average Bonchev–Trinajstić information content (AvgIpc) is 3.60. The molecule has 0 saturated carbocycles. The molecule has 0 spiro atoms. The number of hydrogen-bond acceptors (Lipinski definition) is 3. The van der Waals surface area contributed by atoms with Gasteiger partial charge in [0.05, 0.1) is 23.6 Å². The lowest BCUT2D eigenvalue weighted by Crippen LogP contribution is -2.25. The smallest absolute Gasteiger partial charge is 0.272 e. The van der Waals surface area contributed by atoms with E-state index < -0.39 is 0 Å². The lowest BCUT2D eigenvalue weighted by atomic mass is 10.1. The zero-order valence-corrected chi connectivity index (χ0v) is 18.8. The molecular formula is C27H27N5O. The van der Waals surface area contributed by atoms with Gasteiger partial charge in [-0.1, -0.05) is 35.9 Å². The van der Waals surface area contributed by atoms with Gasteiger partial charge in [-0.25, -0.2) is 9.36 Å². The number of carbonyl (C=O) groups is 1. The Morgan fingerprint density at radius 1 is 0.818 bits per heavy atom. The van der Waals surface area contributed by atoms with Crippen LogP contribution in [-0.4, -0.2) is 25.5 Å². The Labute approximate surface area is 193 Å². The van der Waals surface area contributed by atoms with E-state index in [1.54, 1.807) is 0 Å². The number of para-hydroxylation sites is 1. The standard InChI is InChI=1S/C27H27N5O/c1-18-13-15-20(16-14-18)32-25-12-6-10-22(25)26(30-32)27(33)28-17-23-21-9-5-11-24(21)31(29-23)19-7-3-2-4-8-19/h2-4,7-8,13-16H,5-6,9-12,17H2,1H3,(H,28,33). The van der Waals surface area contributed by atoms with Crippen LogP contribution in [0.3, 0.4) is 0 Å². The normalized spacial score (nSPS) is 14.3. The predicted molar refractivity (Wildman–Crippen MR) is 127 cm³/mol. The Hall–Kier alpha value is -3.67. The van der Waals surface area contributed by atoms with E-state index in [1.807, 2.05) is 27.6 Å². The quantitative estimate of drug-likeness (QED) is 0.507. The fourth-order valence-electron chi connectivity index (χ4n) is 5.21. The van der Waals surface area contributed by atoms with Gasteiger partial charge < -0.3 is 5.32 Å². The highest BCUT2D eigenvalue weighted by Gasteiger charge is 2.28. The molecular weight excluding hydrogens is 410 g/mol. The minimum Gasteiger partial charge on any atom is -0.345 e. The van der Waals surface area contributed by atoms with Gasteiger partial charge in [-0.3, -0.25) is 4.79 Å². The van der Waals surface area contributed by atoms with Crippen LogP contribution in [0.5, 0.6) is 0 Å². The van der Waals surface area contributed by atoms with Crippen LogP contribution in [0.15, 0.2) is 54.6 Å². The highest BCUT2D eigenvalue weighted by molar-refractivity contribution is 5.94. The molecule has 6 heteroatoms. The van der Waals surface area contributed by atoms with Crippen molar-refractivity contribution in [2.45, 2.75) is 52.0 Å². The van der Waals surface area contributed by atoms with Crippen LogP contribution in [0.4, 0.5) is 0 Å². The van der Waals surface area contributed by atoms with Gasteiger partial charge in [0.15, 0.2) is 5.69 Å². The minimum atomic E-state index is -0.111. The van der Waals surface area contributed by atoms with Gasteiger partial charge in [-0.2, -0.15) is 10.2 Å². The molecule has 0 radical (unpaired) electrons. The van der Waals surface area contributed by atoms with Crippen molar-refractivity contribution in [3.63, 3.8) is 0 Å². The average molecular weight is 438 g/mol. The Kier molecular flexibility index (Phi) is 4.86. The Morgan fingerprint density at radius 2 is 1.45 bits per heavy atom. The monoisotopic (exact) mass is 437 g/mol. The molecule has 2 aliphatic rings. The van der Waals surface area contributed by atoms with Crippen molar-refractivity contribution < 1.29 is 4.79 Å². The third kappa shape index (κ3) is 3.46. The molecule has 2 heterocycles. The maximum absolute atomic E-state index is 13.2. The molecule has 2 aliphatic carbocycles. The van der Waals surface area contributed by atoms with Crippen molar-refractivity contribution in [2.75, 3.05) is 0 Å². The van der Waals surface area contributed by atoms with Crippen molar-refractivity contribution in [3.8, 4) is 11.4 Å². The number of amides is 1. The van der Waals surface area contributed by atoms with Crippen molar-refractivity contribution in [1.29, 1.82) is 0 Å². The maximum atomic E-state index is 13.2. The van der Waals surface area contributed by atoms with Gasteiger partial charge >= 0.3 is 0 Å². The second-order valence-electron chi connectivity index (χ2n) is 9.03. The maximum Gasteiger partial charge on any atom is 0.272 e. The highest BCUT2D eigenvalue weighted by atomic mass is 16.2. The summed E-state index contributed by atoms with van der Waals surface area (Å²) < 4.78 is 4.01. The second kappa shape index (κ2) is 8.03. The number of rotatable bonds is 5. The third-order valence-electron chi connectivity index (χ3n) is 6.85. The first-order valence-corrected chi connectivity index (χ1v) is 11.8. The fourth-order valence-corrected chi connectivity index (χ4v) is 5.21. The highest BCUT2D eigenvalue weighted by Crippen LogP contribution is 2.29. The molecule has 1 N–H and O–H groups in total. The molecule has 2 aromatic carbocycles. The molecule has 0 fully saturated rings. The van der Waals surface area contributed by atoms with Gasteiger partial charge in [0.25, 0.3) is 5.91 Å². The van der Waals surface area contributed by atoms with Crippen LogP contribution in [-0.2, 0) is 32.2 Å². The van der Waals surface area contributed by atoms with Crippen LogP contribution in [0.25, 0.3) is 11.4 Å². The van der Waals surface area contributed by atoms with Crippen molar-refractivity contribution >= 4 is 5.91 Å². The van der Waals surface area contributed by atoms with E-state index >= 15 is 0 Å². The molecule has 4 aromatic rings. The summed E-state index contributed by atoms with van der Waals surface area (Å²) >= 11 is 0. The van der Waals surface area contributed by atoms with Crippen LogP contribution in [0.1, 0.15) is 57.1 Å². The Bertz CT molecular complexity index is 1330. The largest absolute Gasteiger partial charge is 0.345 e. The molecule has 2 aromatic heterocycles. The van der Waals surface area contributed by atoms with E-state index in [2.05, 4.69) is 48.6 Å². The lowest BCUT2D eigenvalue weighted by molar-refractivity contribution is 0.0944. The van der Waals surface area contributed by atoms with Gasteiger partial charge in [0.1, 0.15) is 0 Å². The van der Waals surface area contributed by atoms with E-state index in [4.69, 9.17) is 10.2 Å². The van der Waals surface area contributed by atoms with E-state index in [0.717, 1.165) is 61.2 Å². The molecule has 6 rings (SSSR count). The molecule has 0 saturated heterocycles. The molecule has 0 bridgehead atoms. The summed E-state index contributed by atoms with van der Waals surface area (Å²) in [6.45, 7) is 2.50. The summed E-state index contributed by atoms with van der Waals surface area (Å²) in [6.07, 6.45) is 6.11. The van der Waals surface area contributed by atoms with Gasteiger partial charge in [-0.05, 0) is 75.3 Å². The first kappa shape index (κ1) is 20.0. The second-order valence-corrected chi connectivity index (χ2v) is 9.03. The molecule has 166 valence electrons. The lowest BCUT2D eigenvalue weighted by Gasteiger charge is -2.06. The number of hydrogen-bond donors (Lipinski definition) is 1. The van der Waals surface area contributed by atoms with E-state index in [-0.39, 0.29) is 5.91 Å². The summed E-state index contributed by atoms with van der Waals surface area (Å²) in [5.41, 5.74) is 9.63. The number of fused-ring (bicyclic) bond motifs is 2. The molecule has 0 unspecified atom stereocenters. The van der Waals surface area contributed by atoms with E-state index in [1.165, 1.54) is 22.5 Å². The predicted octanol–water partition coefficient (Wildman–Crippen LogP) is 4.27. The number of nitrogens with zero attached hydrogens (tertiary/aromatic N) is 4. The summed E-state index contributed by atoms with van der Waals surface area (Å²) in [7, 11) is 0. The fraction of sp³-hybridized carbons (Fsp3) is 0.296. The van der Waals surface area contributed by atoms with Gasteiger partial charge in [0, 0.05) is 17.0 Å². The van der Waals surface area contributed by atoms with E-state index in [0.29, 0.717) is 12.2 Å². The topological polar surface area (TPSA) is 64.7 Å². The van der Waals surface area contributed by atoms with Crippen LogP contribution in [0, 0.1) is 6.92 Å². The SMILES string of the molecule is Cc1ccc(-n2nc(C(=O)NCc3nn(-c4ccccc4)c4c3CCC4)c3c2CCC3)cc1. The Balaban J connectivity index is 1.27. The van der Waals surface area contributed by atoms with Crippen LogP contribution < -0.4 is 5.32 Å².